The topological polar surface area (TPSA) is 95.9 Å². The molecular weight excluding hydrogens is 408 g/mol. The number of nitrogens with one attached hydrogen (secondary N) is 1. The largest absolute Gasteiger partial charge is 0.481 e. The highest BCUT2D eigenvalue weighted by Crippen LogP contribution is 2.47. The molecule has 2 aliphatic carbocycles. The molecule has 2 aromatic carbocycles. The van der Waals surface area contributed by atoms with Crippen LogP contribution in [0.5, 0.6) is 0 Å². The average molecular weight is 434 g/mol. The predicted molar refractivity (Wildman–Crippen MR) is 117 cm³/mol. The van der Waals surface area contributed by atoms with E-state index in [0.717, 1.165) is 17.5 Å². The Morgan fingerprint density at radius 1 is 1.09 bits per heavy atom. The molecule has 2 aliphatic heterocycles. The van der Waals surface area contributed by atoms with Gasteiger partial charge in [-0.15, -0.1) is 0 Å². The monoisotopic (exact) mass is 434 g/mol. The summed E-state index contributed by atoms with van der Waals surface area (Å²) in [6.45, 7) is 2.48. The summed E-state index contributed by atoms with van der Waals surface area (Å²) in [5.74, 6) is -1.34. The number of hydrogen-bond acceptors (Lipinski definition) is 4. The predicted octanol–water partition coefficient (Wildman–Crippen LogP) is 3.24. The number of carboxylic acid groups (broad SMARTS) is 1. The Balaban J connectivity index is 1.15. The number of alkyl carbamates (subject to hydrolysis) is 1. The molecule has 2 heterocycles. The zero-order valence-electron chi connectivity index (χ0n) is 17.9. The van der Waals surface area contributed by atoms with E-state index in [0.29, 0.717) is 6.54 Å². The van der Waals surface area contributed by atoms with E-state index in [1.165, 1.54) is 11.1 Å². The van der Waals surface area contributed by atoms with E-state index in [9.17, 15) is 19.5 Å². The molecule has 3 unspecified atom stereocenters. The van der Waals surface area contributed by atoms with E-state index >= 15 is 0 Å². The molecule has 0 spiro atoms. The fourth-order valence-corrected chi connectivity index (χ4v) is 5.54. The molecule has 6 rings (SSSR count). The molecule has 2 saturated heterocycles. The summed E-state index contributed by atoms with van der Waals surface area (Å²) < 4.78 is 5.54. The van der Waals surface area contributed by atoms with Crippen molar-refractivity contribution in [3.63, 3.8) is 0 Å². The Morgan fingerprint density at radius 2 is 1.72 bits per heavy atom. The van der Waals surface area contributed by atoms with Gasteiger partial charge in [0.1, 0.15) is 6.61 Å². The maximum absolute atomic E-state index is 12.6. The van der Waals surface area contributed by atoms with Gasteiger partial charge in [-0.1, -0.05) is 48.5 Å². The van der Waals surface area contributed by atoms with Crippen molar-refractivity contribution in [2.75, 3.05) is 13.2 Å². The lowest BCUT2D eigenvalue weighted by atomic mass is 9.74. The van der Waals surface area contributed by atoms with Crippen LogP contribution in [0, 0.1) is 11.8 Å². The number of aliphatic carboxylic acids is 1. The summed E-state index contributed by atoms with van der Waals surface area (Å²) >= 11 is 0. The molecule has 2 amide bonds. The van der Waals surface area contributed by atoms with Gasteiger partial charge < -0.3 is 20.1 Å². The van der Waals surface area contributed by atoms with Crippen molar-refractivity contribution in [3.8, 4) is 11.1 Å². The summed E-state index contributed by atoms with van der Waals surface area (Å²) in [4.78, 5) is 38.0. The van der Waals surface area contributed by atoms with E-state index in [2.05, 4.69) is 29.6 Å². The van der Waals surface area contributed by atoms with Crippen LogP contribution in [0.15, 0.2) is 48.5 Å². The van der Waals surface area contributed by atoms with Gasteiger partial charge in [0, 0.05) is 31.0 Å². The molecular formula is C25H26N2O5. The smallest absolute Gasteiger partial charge is 0.407 e. The quantitative estimate of drug-likeness (QED) is 0.728. The molecule has 0 radical (unpaired) electrons. The average Bonchev–Trinajstić information content (AvgIpc) is 3.43. The zero-order chi connectivity index (χ0) is 22.4. The molecule has 0 aromatic heterocycles. The van der Waals surface area contributed by atoms with Gasteiger partial charge in [0.15, 0.2) is 0 Å². The highest BCUT2D eigenvalue weighted by atomic mass is 16.5. The number of fused-ring (bicyclic) bond motifs is 4. The zero-order valence-corrected chi connectivity index (χ0v) is 17.9. The van der Waals surface area contributed by atoms with Gasteiger partial charge in [-0.05, 0) is 41.5 Å². The molecule has 2 aromatic rings. The second kappa shape index (κ2) is 7.97. The highest BCUT2D eigenvalue weighted by molar-refractivity contribution is 5.82. The van der Waals surface area contributed by atoms with Crippen molar-refractivity contribution in [3.05, 3.63) is 59.7 Å². The lowest BCUT2D eigenvalue weighted by Crippen LogP contribution is -2.46. The Bertz CT molecular complexity index is 1040. The number of rotatable bonds is 6. The summed E-state index contributed by atoms with van der Waals surface area (Å²) in [5.41, 5.74) is 4.62. The van der Waals surface area contributed by atoms with Crippen molar-refractivity contribution in [2.45, 2.75) is 37.8 Å². The Kier molecular flexibility index (Phi) is 5.12. The van der Waals surface area contributed by atoms with Crippen molar-refractivity contribution in [1.29, 1.82) is 0 Å². The van der Waals surface area contributed by atoms with Crippen LogP contribution in [0.3, 0.4) is 0 Å². The molecule has 1 saturated carbocycles. The van der Waals surface area contributed by atoms with E-state index < -0.39 is 24.0 Å². The second-order valence-electron chi connectivity index (χ2n) is 9.05. The third-order valence-corrected chi connectivity index (χ3v) is 7.09. The minimum absolute atomic E-state index is 0.0190. The maximum Gasteiger partial charge on any atom is 0.407 e. The highest BCUT2D eigenvalue weighted by Gasteiger charge is 2.56. The standard InChI is InChI=1S/C25H26N2O5/c1-14(10-22(28)27-12-15-11-21(27)23(15)24(29)30)26-25(31)32-13-20-18-8-4-2-6-16(18)17-7-3-5-9-19(17)20/h2-9,14-15,20-21,23H,10-13H2,1H3,(H,26,31)(H,29,30)/t14-,15?,21?,23?/m1/s1. The van der Waals surface area contributed by atoms with E-state index in [-0.39, 0.29) is 36.8 Å². The van der Waals surface area contributed by atoms with Crippen LogP contribution >= 0.6 is 0 Å². The van der Waals surface area contributed by atoms with Crippen molar-refractivity contribution >= 4 is 18.0 Å². The molecule has 4 aliphatic rings. The first-order valence-corrected chi connectivity index (χ1v) is 11.1. The number of hydrogen-bond donors (Lipinski definition) is 2. The van der Waals surface area contributed by atoms with Gasteiger partial charge in [-0.3, -0.25) is 9.59 Å². The van der Waals surface area contributed by atoms with Crippen LogP contribution in [0.25, 0.3) is 11.1 Å². The van der Waals surface area contributed by atoms with Crippen LogP contribution in [0.1, 0.15) is 36.8 Å². The third-order valence-electron chi connectivity index (χ3n) is 7.09. The molecule has 7 heteroatoms. The molecule has 7 nitrogen and oxygen atoms in total. The summed E-state index contributed by atoms with van der Waals surface area (Å²) in [5, 5.41) is 12.0. The number of carboxylic acids is 1. The van der Waals surface area contributed by atoms with Crippen LogP contribution in [0.4, 0.5) is 4.79 Å². The first-order valence-electron chi connectivity index (χ1n) is 11.1. The SMILES string of the molecule is C[C@H](CC(=O)N1CC2CC1C2C(=O)O)NC(=O)OCC1c2ccccc2-c2ccccc21. The van der Waals surface area contributed by atoms with Crippen LogP contribution < -0.4 is 5.32 Å². The van der Waals surface area contributed by atoms with Gasteiger partial charge in [-0.25, -0.2) is 4.79 Å². The van der Waals surface area contributed by atoms with Gasteiger partial charge in [0.05, 0.1) is 5.92 Å². The molecule has 3 fully saturated rings. The molecule has 2 bridgehead atoms. The Hall–Kier alpha value is -3.35. The van der Waals surface area contributed by atoms with Crippen molar-refractivity contribution in [2.24, 2.45) is 11.8 Å². The number of ether oxygens (including phenoxy) is 1. The molecule has 4 atom stereocenters. The summed E-state index contributed by atoms with van der Waals surface area (Å²) in [6.07, 6.45) is 0.331. The van der Waals surface area contributed by atoms with Gasteiger partial charge in [-0.2, -0.15) is 0 Å². The first kappa shape index (κ1) is 20.5. The van der Waals surface area contributed by atoms with Crippen LogP contribution in [-0.4, -0.2) is 53.2 Å². The minimum Gasteiger partial charge on any atom is -0.481 e. The van der Waals surface area contributed by atoms with Gasteiger partial charge in [0.2, 0.25) is 5.91 Å². The number of carbonyl (C=O) groups is 3. The first-order chi connectivity index (χ1) is 15.4. The van der Waals surface area contributed by atoms with Gasteiger partial charge >= 0.3 is 12.1 Å². The second-order valence-corrected chi connectivity index (χ2v) is 9.05. The number of nitrogens with zero attached hydrogens (tertiary/aromatic N) is 1. The number of amides is 2. The minimum atomic E-state index is -0.827. The van der Waals surface area contributed by atoms with E-state index in [1.54, 1.807) is 11.8 Å². The van der Waals surface area contributed by atoms with E-state index in [4.69, 9.17) is 4.74 Å². The normalized spacial score (nSPS) is 23.7. The lowest BCUT2D eigenvalue weighted by molar-refractivity contribution is -0.148. The summed E-state index contributed by atoms with van der Waals surface area (Å²) in [6, 6.07) is 15.7. The lowest BCUT2D eigenvalue weighted by Gasteiger charge is -2.33. The molecule has 32 heavy (non-hydrogen) atoms. The molecule has 2 N–H and O–H groups in total. The Morgan fingerprint density at radius 3 is 2.31 bits per heavy atom. The number of benzene rings is 2. The third kappa shape index (κ3) is 3.42. The van der Waals surface area contributed by atoms with Crippen molar-refractivity contribution < 1.29 is 24.2 Å². The van der Waals surface area contributed by atoms with Crippen molar-refractivity contribution in [1.82, 2.24) is 10.2 Å². The van der Waals surface area contributed by atoms with E-state index in [1.807, 2.05) is 24.3 Å². The maximum atomic E-state index is 12.6. The fraction of sp³-hybridized carbons (Fsp3) is 0.400. The molecule has 166 valence electrons. The van der Waals surface area contributed by atoms with Gasteiger partial charge in [0.25, 0.3) is 0 Å². The van der Waals surface area contributed by atoms with Crippen LogP contribution in [-0.2, 0) is 14.3 Å². The number of carbonyl (C=O) groups excluding carboxylic acids is 2. The summed E-state index contributed by atoms with van der Waals surface area (Å²) in [7, 11) is 0. The fourth-order valence-electron chi connectivity index (χ4n) is 5.54. The Labute approximate surface area is 186 Å². The van der Waals surface area contributed by atoms with Crippen LogP contribution in [0.2, 0.25) is 0 Å².